The van der Waals surface area contributed by atoms with E-state index in [1.165, 1.54) is 5.56 Å². The molecule has 2 heteroatoms. The van der Waals surface area contributed by atoms with E-state index in [-0.39, 0.29) is 5.78 Å². The highest BCUT2D eigenvalue weighted by atomic mass is 16.1. The molecular weight excluding hydrogens is 198 g/mol. The van der Waals surface area contributed by atoms with Crippen molar-refractivity contribution in [3.8, 4) is 0 Å². The van der Waals surface area contributed by atoms with Crippen molar-refractivity contribution in [2.75, 3.05) is 0 Å². The van der Waals surface area contributed by atoms with Crippen LogP contribution < -0.4 is 5.73 Å². The van der Waals surface area contributed by atoms with Crippen LogP contribution in [0.1, 0.15) is 25.3 Å². The van der Waals surface area contributed by atoms with Crippen molar-refractivity contribution < 1.29 is 4.79 Å². The Morgan fingerprint density at radius 3 is 2.38 bits per heavy atom. The van der Waals surface area contributed by atoms with Crippen molar-refractivity contribution in [2.45, 2.75) is 26.3 Å². The Morgan fingerprint density at radius 1 is 1.31 bits per heavy atom. The highest BCUT2D eigenvalue weighted by Crippen LogP contribution is 2.12. The van der Waals surface area contributed by atoms with Crippen LogP contribution in [0, 0.1) is 5.92 Å². The Balaban J connectivity index is 0.000000160. The van der Waals surface area contributed by atoms with Gasteiger partial charge in [-0.05, 0) is 24.0 Å². The van der Waals surface area contributed by atoms with Gasteiger partial charge in [0.1, 0.15) is 0 Å². The Kier molecular flexibility index (Phi) is 5.51. The van der Waals surface area contributed by atoms with E-state index in [0.29, 0.717) is 12.5 Å². The van der Waals surface area contributed by atoms with Gasteiger partial charge in [0, 0.05) is 13.0 Å². The zero-order chi connectivity index (χ0) is 11.8. The smallest absolute Gasteiger partial charge is 0.155 e. The summed E-state index contributed by atoms with van der Waals surface area (Å²) in [4.78, 5) is 10.5. The summed E-state index contributed by atoms with van der Waals surface area (Å²) in [6.45, 7) is 2.77. The van der Waals surface area contributed by atoms with E-state index in [1.54, 1.807) is 6.08 Å². The maximum absolute atomic E-state index is 10.5. The number of carbonyl (C=O) groups excluding carboxylic acids is 1. The summed E-state index contributed by atoms with van der Waals surface area (Å²) in [7, 11) is 0. The third kappa shape index (κ3) is 4.89. The Labute approximate surface area is 97.2 Å². The average molecular weight is 217 g/mol. The fourth-order valence-electron chi connectivity index (χ4n) is 1.44. The summed E-state index contributed by atoms with van der Waals surface area (Å²) in [6, 6.07) is 9.99. The summed E-state index contributed by atoms with van der Waals surface area (Å²) >= 11 is 0. The lowest BCUT2D eigenvalue weighted by atomic mass is 9.97. The van der Waals surface area contributed by atoms with Crippen molar-refractivity contribution >= 4 is 5.78 Å². The number of nitrogens with two attached hydrogens (primary N) is 1. The van der Waals surface area contributed by atoms with Crippen molar-refractivity contribution in [3.63, 3.8) is 0 Å². The lowest BCUT2D eigenvalue weighted by molar-refractivity contribution is -0.115. The summed E-state index contributed by atoms with van der Waals surface area (Å²) in [5.41, 5.74) is 6.54. The molecule has 1 unspecified atom stereocenters. The second kappa shape index (κ2) is 6.96. The second-order valence-corrected chi connectivity index (χ2v) is 4.03. The fourth-order valence-corrected chi connectivity index (χ4v) is 1.44. The van der Waals surface area contributed by atoms with Gasteiger partial charge in [0.2, 0.25) is 0 Å². The zero-order valence-electron chi connectivity index (χ0n) is 9.73. The molecule has 1 aliphatic rings. The van der Waals surface area contributed by atoms with Crippen molar-refractivity contribution in [3.05, 3.63) is 48.0 Å². The Bertz CT molecular complexity index is 343. The van der Waals surface area contributed by atoms with Gasteiger partial charge in [0.15, 0.2) is 5.78 Å². The third-order valence-electron chi connectivity index (χ3n) is 2.54. The predicted molar refractivity (Wildman–Crippen MR) is 66.9 cm³/mol. The number of hydrogen-bond acceptors (Lipinski definition) is 2. The molecule has 0 saturated carbocycles. The number of ketones is 1. The molecule has 1 aromatic carbocycles. The van der Waals surface area contributed by atoms with E-state index in [4.69, 9.17) is 5.73 Å². The largest absolute Gasteiger partial charge is 0.326 e. The average Bonchev–Trinajstić information content (AvgIpc) is 2.35. The molecule has 0 aliphatic heterocycles. The van der Waals surface area contributed by atoms with Crippen molar-refractivity contribution in [1.29, 1.82) is 0 Å². The van der Waals surface area contributed by atoms with Crippen LogP contribution in [0.15, 0.2) is 42.5 Å². The van der Waals surface area contributed by atoms with Crippen LogP contribution in [0.5, 0.6) is 0 Å². The van der Waals surface area contributed by atoms with Crippen molar-refractivity contribution in [1.82, 2.24) is 0 Å². The molecule has 0 heterocycles. The molecule has 1 aromatic rings. The van der Waals surface area contributed by atoms with E-state index in [0.717, 1.165) is 12.8 Å². The first kappa shape index (κ1) is 12.7. The van der Waals surface area contributed by atoms with Crippen LogP contribution in [0.4, 0.5) is 0 Å². The molecule has 1 atom stereocenters. The molecule has 1 aliphatic carbocycles. The molecule has 0 saturated heterocycles. The standard InChI is InChI=1S/C7H9N.C7H10O/c8-6-7-4-2-1-3-5-7;1-6-2-4-7(8)5-3-6/h1-5H,6,8H2;2,4,6H,3,5H2,1H3. The maximum Gasteiger partial charge on any atom is 0.155 e. The summed E-state index contributed by atoms with van der Waals surface area (Å²) in [5, 5.41) is 0. The first-order chi connectivity index (χ1) is 7.72. The van der Waals surface area contributed by atoms with Crippen LogP contribution in [0.25, 0.3) is 0 Å². The van der Waals surface area contributed by atoms with Gasteiger partial charge in [-0.2, -0.15) is 0 Å². The summed E-state index contributed by atoms with van der Waals surface area (Å²) in [6.07, 6.45) is 5.45. The second-order valence-electron chi connectivity index (χ2n) is 4.03. The number of rotatable bonds is 1. The molecule has 0 amide bonds. The lowest BCUT2D eigenvalue weighted by Crippen LogP contribution is -2.03. The topological polar surface area (TPSA) is 43.1 Å². The molecule has 0 fully saturated rings. The predicted octanol–water partition coefficient (Wildman–Crippen LogP) is 2.69. The first-order valence-corrected chi connectivity index (χ1v) is 5.67. The number of allylic oxidation sites excluding steroid dienone is 2. The quantitative estimate of drug-likeness (QED) is 0.786. The van der Waals surface area contributed by atoms with Crippen LogP contribution >= 0.6 is 0 Å². The van der Waals surface area contributed by atoms with Gasteiger partial charge in [-0.15, -0.1) is 0 Å². The number of carbonyl (C=O) groups is 1. The molecule has 2 rings (SSSR count). The molecular formula is C14H19NO. The highest BCUT2D eigenvalue weighted by Gasteiger charge is 2.06. The normalized spacial score (nSPS) is 18.9. The molecule has 16 heavy (non-hydrogen) atoms. The van der Waals surface area contributed by atoms with E-state index in [1.807, 2.05) is 36.4 Å². The Hall–Kier alpha value is -1.41. The summed E-state index contributed by atoms with van der Waals surface area (Å²) in [5.74, 6) is 0.899. The molecule has 2 nitrogen and oxygen atoms in total. The monoisotopic (exact) mass is 217 g/mol. The van der Waals surface area contributed by atoms with E-state index >= 15 is 0 Å². The maximum atomic E-state index is 10.5. The van der Waals surface area contributed by atoms with Gasteiger partial charge in [0.25, 0.3) is 0 Å². The summed E-state index contributed by atoms with van der Waals surface area (Å²) < 4.78 is 0. The SMILES string of the molecule is CC1C=CC(=O)CC1.NCc1ccccc1. The van der Waals surface area contributed by atoms with E-state index in [2.05, 4.69) is 6.92 Å². The van der Waals surface area contributed by atoms with Gasteiger partial charge < -0.3 is 5.73 Å². The first-order valence-electron chi connectivity index (χ1n) is 5.67. The minimum atomic E-state index is 0.281. The molecule has 0 spiro atoms. The van der Waals surface area contributed by atoms with Crippen LogP contribution in [0.3, 0.4) is 0 Å². The third-order valence-corrected chi connectivity index (χ3v) is 2.54. The van der Waals surface area contributed by atoms with E-state index < -0.39 is 0 Å². The Morgan fingerprint density at radius 2 is 2.00 bits per heavy atom. The van der Waals surface area contributed by atoms with Gasteiger partial charge in [-0.25, -0.2) is 0 Å². The van der Waals surface area contributed by atoms with E-state index in [9.17, 15) is 4.79 Å². The van der Waals surface area contributed by atoms with Crippen molar-refractivity contribution in [2.24, 2.45) is 11.7 Å². The fraction of sp³-hybridized carbons (Fsp3) is 0.357. The minimum absolute atomic E-state index is 0.281. The van der Waals surface area contributed by atoms with Gasteiger partial charge >= 0.3 is 0 Å². The molecule has 2 N–H and O–H groups in total. The molecule has 86 valence electrons. The number of hydrogen-bond donors (Lipinski definition) is 1. The molecule has 0 bridgehead atoms. The van der Waals surface area contributed by atoms with Gasteiger partial charge in [-0.3, -0.25) is 4.79 Å². The zero-order valence-corrected chi connectivity index (χ0v) is 9.73. The van der Waals surface area contributed by atoms with Gasteiger partial charge in [0.05, 0.1) is 0 Å². The van der Waals surface area contributed by atoms with Crippen LogP contribution in [0.2, 0.25) is 0 Å². The molecule has 0 radical (unpaired) electrons. The molecule has 0 aromatic heterocycles. The van der Waals surface area contributed by atoms with Gasteiger partial charge in [-0.1, -0.05) is 43.3 Å². The minimum Gasteiger partial charge on any atom is -0.326 e. The van der Waals surface area contributed by atoms with Crippen LogP contribution in [-0.2, 0) is 11.3 Å². The highest BCUT2D eigenvalue weighted by molar-refractivity contribution is 5.90. The van der Waals surface area contributed by atoms with Crippen LogP contribution in [-0.4, -0.2) is 5.78 Å². The lowest BCUT2D eigenvalue weighted by Gasteiger charge is -2.07. The number of benzene rings is 1.